The third-order valence-electron chi connectivity index (χ3n) is 4.60. The highest BCUT2D eigenvalue weighted by Crippen LogP contribution is 2.36. The second-order valence-corrected chi connectivity index (χ2v) is 6.58. The molecule has 1 saturated carbocycles. The summed E-state index contributed by atoms with van der Waals surface area (Å²) in [6.45, 7) is 2.02. The quantitative estimate of drug-likeness (QED) is 0.762. The molecule has 0 spiro atoms. The number of nitrogens with zero attached hydrogens (tertiary/aromatic N) is 2. The van der Waals surface area contributed by atoms with Crippen LogP contribution in [-0.4, -0.2) is 22.5 Å². The number of hydrogen-bond donors (Lipinski definition) is 0. The van der Waals surface area contributed by atoms with E-state index in [-0.39, 0.29) is 0 Å². The maximum absolute atomic E-state index is 6.23. The molecule has 2 heterocycles. The van der Waals surface area contributed by atoms with Crippen molar-refractivity contribution in [2.75, 3.05) is 6.54 Å². The van der Waals surface area contributed by atoms with Gasteiger partial charge in [-0.25, -0.2) is 4.98 Å². The van der Waals surface area contributed by atoms with Crippen molar-refractivity contribution in [1.82, 2.24) is 9.88 Å². The summed E-state index contributed by atoms with van der Waals surface area (Å²) < 4.78 is 0. The number of pyridine rings is 1. The number of hydrogen-bond acceptors (Lipinski definition) is 2. The Bertz CT molecular complexity index is 444. The van der Waals surface area contributed by atoms with Crippen LogP contribution in [0.15, 0.2) is 12.1 Å². The van der Waals surface area contributed by atoms with Crippen LogP contribution in [0.1, 0.15) is 44.2 Å². The van der Waals surface area contributed by atoms with Crippen LogP contribution >= 0.6 is 23.2 Å². The minimum atomic E-state index is 0.538. The predicted octanol–water partition coefficient (Wildman–Crippen LogP) is 4.54. The van der Waals surface area contributed by atoms with E-state index >= 15 is 0 Å². The van der Waals surface area contributed by atoms with Gasteiger partial charge in [-0.2, -0.15) is 0 Å². The molecule has 0 bridgehead atoms. The Morgan fingerprint density at radius 1 is 1.11 bits per heavy atom. The lowest BCUT2D eigenvalue weighted by Crippen LogP contribution is -2.34. The van der Waals surface area contributed by atoms with Crippen molar-refractivity contribution in [3.8, 4) is 0 Å². The van der Waals surface area contributed by atoms with Crippen LogP contribution in [-0.2, 0) is 6.54 Å². The van der Waals surface area contributed by atoms with Crippen molar-refractivity contribution in [2.24, 2.45) is 5.92 Å². The summed E-state index contributed by atoms with van der Waals surface area (Å²) in [5.74, 6) is 0.889. The molecular formula is C15H20Cl2N2. The van der Waals surface area contributed by atoms with Gasteiger partial charge in [0.1, 0.15) is 5.15 Å². The lowest BCUT2D eigenvalue weighted by molar-refractivity contribution is 0.181. The zero-order valence-electron chi connectivity index (χ0n) is 11.1. The second kappa shape index (κ2) is 5.99. The predicted molar refractivity (Wildman–Crippen MR) is 79.6 cm³/mol. The topological polar surface area (TPSA) is 16.1 Å². The van der Waals surface area contributed by atoms with Crippen LogP contribution in [0.3, 0.4) is 0 Å². The average molecular weight is 299 g/mol. The molecule has 0 radical (unpaired) electrons. The van der Waals surface area contributed by atoms with E-state index in [9.17, 15) is 0 Å². The van der Waals surface area contributed by atoms with Crippen molar-refractivity contribution in [2.45, 2.75) is 51.1 Å². The Morgan fingerprint density at radius 3 is 2.68 bits per heavy atom. The Balaban J connectivity index is 1.72. The smallest absolute Gasteiger partial charge is 0.129 e. The monoisotopic (exact) mass is 298 g/mol. The third kappa shape index (κ3) is 3.07. The molecule has 2 nitrogen and oxygen atoms in total. The van der Waals surface area contributed by atoms with Crippen molar-refractivity contribution in [3.63, 3.8) is 0 Å². The number of rotatable bonds is 3. The van der Waals surface area contributed by atoms with Crippen LogP contribution in [0.5, 0.6) is 0 Å². The van der Waals surface area contributed by atoms with Gasteiger partial charge >= 0.3 is 0 Å². The molecule has 0 aromatic carbocycles. The third-order valence-corrected chi connectivity index (χ3v) is 5.15. The Labute approximate surface area is 125 Å². The summed E-state index contributed by atoms with van der Waals surface area (Å²) in [6.07, 6.45) is 8.26. The van der Waals surface area contributed by atoms with E-state index in [0.29, 0.717) is 5.15 Å². The van der Waals surface area contributed by atoms with Gasteiger partial charge in [-0.1, -0.05) is 36.0 Å². The van der Waals surface area contributed by atoms with Gasteiger partial charge in [0.05, 0.1) is 10.7 Å². The highest BCUT2D eigenvalue weighted by molar-refractivity contribution is 6.32. The highest BCUT2D eigenvalue weighted by atomic mass is 35.5. The van der Waals surface area contributed by atoms with Gasteiger partial charge in [-0.15, -0.1) is 0 Å². The van der Waals surface area contributed by atoms with Gasteiger partial charge in [0.25, 0.3) is 0 Å². The molecule has 1 aromatic rings. The Hall–Kier alpha value is -0.310. The molecule has 1 saturated heterocycles. The van der Waals surface area contributed by atoms with Crippen LogP contribution in [0.25, 0.3) is 0 Å². The normalized spacial score (nSPS) is 25.3. The molecule has 1 aliphatic carbocycles. The first-order valence-corrected chi connectivity index (χ1v) is 8.04. The number of likely N-dealkylation sites (tertiary alicyclic amines) is 1. The maximum atomic E-state index is 6.23. The molecule has 19 heavy (non-hydrogen) atoms. The average Bonchev–Trinajstić information content (AvgIpc) is 3.03. The molecule has 104 valence electrons. The van der Waals surface area contributed by atoms with Crippen LogP contribution in [0.2, 0.25) is 10.2 Å². The fourth-order valence-corrected chi connectivity index (χ4v) is 4.02. The zero-order chi connectivity index (χ0) is 13.2. The van der Waals surface area contributed by atoms with Gasteiger partial charge in [0, 0.05) is 12.6 Å². The van der Waals surface area contributed by atoms with Gasteiger partial charge in [0.15, 0.2) is 0 Å². The van der Waals surface area contributed by atoms with Crippen LogP contribution < -0.4 is 0 Å². The summed E-state index contributed by atoms with van der Waals surface area (Å²) in [7, 11) is 0. The van der Waals surface area contributed by atoms with E-state index in [2.05, 4.69) is 9.88 Å². The fraction of sp³-hybridized carbons (Fsp3) is 0.667. The van der Waals surface area contributed by atoms with Gasteiger partial charge in [-0.3, -0.25) is 4.90 Å². The van der Waals surface area contributed by atoms with Crippen molar-refractivity contribution in [1.29, 1.82) is 0 Å². The summed E-state index contributed by atoms with van der Waals surface area (Å²) in [5.41, 5.74) is 0.930. The zero-order valence-corrected chi connectivity index (χ0v) is 12.6. The molecule has 0 N–H and O–H groups in total. The van der Waals surface area contributed by atoms with E-state index in [0.717, 1.165) is 29.2 Å². The maximum Gasteiger partial charge on any atom is 0.129 e. The van der Waals surface area contributed by atoms with Crippen LogP contribution in [0.4, 0.5) is 0 Å². The number of aromatic nitrogens is 1. The first kappa shape index (κ1) is 13.7. The standard InChI is InChI=1S/C15H20Cl2N2/c16-12-7-8-15(17)18-13(12)10-19-9-3-6-14(19)11-4-1-2-5-11/h7-8,11,14H,1-6,9-10H2. The van der Waals surface area contributed by atoms with Crippen molar-refractivity contribution >= 4 is 23.2 Å². The van der Waals surface area contributed by atoms with E-state index in [1.165, 1.54) is 45.1 Å². The summed E-state index contributed by atoms with van der Waals surface area (Å²) >= 11 is 12.2. The van der Waals surface area contributed by atoms with Gasteiger partial charge in [-0.05, 0) is 50.3 Å². The molecule has 4 heteroatoms. The molecule has 2 fully saturated rings. The fourth-order valence-electron chi connectivity index (χ4n) is 3.69. The Morgan fingerprint density at radius 2 is 1.89 bits per heavy atom. The first-order valence-electron chi connectivity index (χ1n) is 7.29. The molecule has 0 amide bonds. The van der Waals surface area contributed by atoms with E-state index in [1.54, 1.807) is 6.07 Å². The van der Waals surface area contributed by atoms with Gasteiger partial charge < -0.3 is 0 Å². The highest BCUT2D eigenvalue weighted by Gasteiger charge is 2.33. The first-order chi connectivity index (χ1) is 9.24. The molecule has 3 rings (SSSR count). The second-order valence-electron chi connectivity index (χ2n) is 5.79. The number of halogens is 2. The lowest BCUT2D eigenvalue weighted by Gasteiger charge is -2.29. The SMILES string of the molecule is Clc1ccc(Cl)c(CN2CCCC2C2CCCC2)n1. The molecule has 1 unspecified atom stereocenters. The Kier molecular flexibility index (Phi) is 4.30. The lowest BCUT2D eigenvalue weighted by atomic mass is 9.96. The van der Waals surface area contributed by atoms with E-state index < -0.39 is 0 Å². The largest absolute Gasteiger partial charge is 0.294 e. The summed E-state index contributed by atoms with van der Waals surface area (Å²) in [4.78, 5) is 6.96. The molecule has 2 aliphatic rings. The van der Waals surface area contributed by atoms with Crippen molar-refractivity contribution in [3.05, 3.63) is 28.0 Å². The van der Waals surface area contributed by atoms with Gasteiger partial charge in [0.2, 0.25) is 0 Å². The minimum Gasteiger partial charge on any atom is -0.294 e. The summed E-state index contributed by atoms with van der Waals surface area (Å²) in [6, 6.07) is 4.35. The van der Waals surface area contributed by atoms with Crippen LogP contribution in [0, 0.1) is 5.92 Å². The summed E-state index contributed by atoms with van der Waals surface area (Å²) in [5, 5.41) is 1.28. The molecule has 1 atom stereocenters. The minimum absolute atomic E-state index is 0.538. The van der Waals surface area contributed by atoms with Crippen molar-refractivity contribution < 1.29 is 0 Å². The molecular weight excluding hydrogens is 279 g/mol. The molecule has 1 aromatic heterocycles. The van der Waals surface area contributed by atoms with E-state index in [1.807, 2.05) is 6.07 Å². The molecule has 1 aliphatic heterocycles. The van der Waals surface area contributed by atoms with E-state index in [4.69, 9.17) is 23.2 Å².